The average molecular weight is 350 g/mol. The molecule has 0 spiro atoms. The van der Waals surface area contributed by atoms with Gasteiger partial charge < -0.3 is 24.8 Å². The number of thioether (sulfide) groups is 1. The Morgan fingerprint density at radius 2 is 1.91 bits per heavy atom. The Hall–Kier alpha value is -0.280. The zero-order valence-corrected chi connectivity index (χ0v) is 16.3. The fourth-order valence-electron chi connectivity index (χ4n) is 3.59. The number of aliphatic carboxylic acids is 1. The predicted octanol–water partition coefficient (Wildman–Crippen LogP) is -4.60. The van der Waals surface area contributed by atoms with Crippen LogP contribution in [0.25, 0.3) is 0 Å². The van der Waals surface area contributed by atoms with E-state index in [1.807, 2.05) is 0 Å². The van der Waals surface area contributed by atoms with Crippen LogP contribution in [-0.2, 0) is 14.4 Å². The van der Waals surface area contributed by atoms with E-state index < -0.39 is 46.0 Å². The third kappa shape index (κ3) is 2.93. The number of hydrogen-bond acceptors (Lipinski definition) is 6. The van der Waals surface area contributed by atoms with Crippen LogP contribution in [0.3, 0.4) is 0 Å². The number of rotatable bonds is 3. The molecule has 2 amide bonds. The van der Waals surface area contributed by atoms with E-state index in [0.29, 0.717) is 13.1 Å². The van der Waals surface area contributed by atoms with E-state index in [2.05, 4.69) is 0 Å². The molecule has 3 saturated heterocycles. The van der Waals surface area contributed by atoms with Gasteiger partial charge in [0.1, 0.15) is 12.0 Å². The van der Waals surface area contributed by atoms with Crippen LogP contribution in [0.4, 0.5) is 0 Å². The molecule has 0 aliphatic carbocycles. The summed E-state index contributed by atoms with van der Waals surface area (Å²) in [5.74, 6) is -3.06. The molecule has 0 aromatic carbocycles. The number of aliphatic hydroxyl groups excluding tert-OH is 1. The Morgan fingerprint density at radius 1 is 1.35 bits per heavy atom. The van der Waals surface area contributed by atoms with E-state index >= 15 is 0 Å². The summed E-state index contributed by atoms with van der Waals surface area (Å²) in [7, 11) is 0. The number of carboxylic acids is 1. The molecule has 0 bridgehead atoms. The molecular weight excluding hydrogens is 331 g/mol. The minimum atomic E-state index is -1.39. The smallest absolute Gasteiger partial charge is 0.548 e. The first-order valence-corrected chi connectivity index (χ1v) is 8.31. The third-order valence-electron chi connectivity index (χ3n) is 4.72. The SMILES string of the molecule is CC1(C)S[C@@H]2[C@H]([C@H](O)C(=O)N3CCCC3)C(=O)N2[C@H]1C(=O)[O-].[Na+]. The van der Waals surface area contributed by atoms with Gasteiger partial charge in [-0.2, -0.15) is 0 Å². The number of fused-ring (bicyclic) bond motifs is 1. The molecule has 0 aromatic rings. The molecule has 3 aliphatic rings. The maximum absolute atomic E-state index is 12.3. The van der Waals surface area contributed by atoms with Gasteiger partial charge in [-0.15, -0.1) is 11.8 Å². The molecule has 4 atom stereocenters. The summed E-state index contributed by atoms with van der Waals surface area (Å²) >= 11 is 1.31. The molecule has 0 unspecified atom stereocenters. The van der Waals surface area contributed by atoms with Crippen molar-refractivity contribution in [3.63, 3.8) is 0 Å². The molecule has 0 saturated carbocycles. The van der Waals surface area contributed by atoms with E-state index in [0.717, 1.165) is 12.8 Å². The van der Waals surface area contributed by atoms with Crippen molar-refractivity contribution in [1.82, 2.24) is 9.80 Å². The first kappa shape index (κ1) is 19.1. The molecule has 122 valence electrons. The van der Waals surface area contributed by atoms with Gasteiger partial charge in [0.25, 0.3) is 5.91 Å². The number of amides is 2. The summed E-state index contributed by atoms with van der Waals surface area (Å²) < 4.78 is -0.704. The maximum Gasteiger partial charge on any atom is 1.00 e. The standard InChI is InChI=1S/C14H20N2O5S.Na/c1-14(2)9(13(20)21)16-10(18)7(12(16)22-14)8(17)11(19)15-5-3-4-6-15;/h7-9,12,17H,3-6H2,1-2H3,(H,20,21);/q;+1/p-1/t7-,8+,9+,12-;/m1./s1. The number of carboxylic acid groups (broad SMARTS) is 1. The fraction of sp³-hybridized carbons (Fsp3) is 0.786. The molecule has 3 aliphatic heterocycles. The van der Waals surface area contributed by atoms with Gasteiger partial charge in [-0.1, -0.05) is 0 Å². The quantitative estimate of drug-likeness (QED) is 0.406. The van der Waals surface area contributed by atoms with Crippen LogP contribution in [0.1, 0.15) is 26.7 Å². The Morgan fingerprint density at radius 3 is 2.43 bits per heavy atom. The fourth-order valence-corrected chi connectivity index (χ4v) is 5.30. The van der Waals surface area contributed by atoms with Crippen LogP contribution < -0.4 is 34.7 Å². The number of hydrogen-bond donors (Lipinski definition) is 1. The van der Waals surface area contributed by atoms with E-state index in [-0.39, 0.29) is 29.6 Å². The van der Waals surface area contributed by atoms with E-state index in [4.69, 9.17) is 0 Å². The molecule has 3 heterocycles. The Kier molecular flexibility index (Phi) is 5.43. The topological polar surface area (TPSA) is 101 Å². The zero-order valence-electron chi connectivity index (χ0n) is 13.5. The number of carbonyl (C=O) groups is 3. The van der Waals surface area contributed by atoms with Crippen LogP contribution in [0.15, 0.2) is 0 Å². The predicted molar refractivity (Wildman–Crippen MR) is 76.4 cm³/mol. The second-order valence-corrected chi connectivity index (χ2v) is 8.35. The molecule has 7 nitrogen and oxygen atoms in total. The van der Waals surface area contributed by atoms with Gasteiger partial charge >= 0.3 is 29.6 Å². The Labute approximate surface area is 161 Å². The molecule has 0 aromatic heterocycles. The van der Waals surface area contributed by atoms with Gasteiger partial charge in [0, 0.05) is 17.8 Å². The Balaban J connectivity index is 0.00000192. The minimum absolute atomic E-state index is 0. The van der Waals surface area contributed by atoms with Gasteiger partial charge in [-0.3, -0.25) is 9.59 Å². The second-order valence-electron chi connectivity index (χ2n) is 6.58. The van der Waals surface area contributed by atoms with Gasteiger partial charge in [-0.05, 0) is 26.7 Å². The largest absolute Gasteiger partial charge is 1.00 e. The van der Waals surface area contributed by atoms with Crippen LogP contribution in [0.2, 0.25) is 0 Å². The van der Waals surface area contributed by atoms with Crippen LogP contribution in [0.5, 0.6) is 0 Å². The van der Waals surface area contributed by atoms with E-state index in [1.165, 1.54) is 16.7 Å². The molecule has 3 fully saturated rings. The first-order valence-electron chi connectivity index (χ1n) is 7.43. The molecule has 0 radical (unpaired) electrons. The monoisotopic (exact) mass is 350 g/mol. The van der Waals surface area contributed by atoms with Crippen molar-refractivity contribution in [3.05, 3.63) is 0 Å². The van der Waals surface area contributed by atoms with Gasteiger partial charge in [-0.25, -0.2) is 0 Å². The zero-order chi connectivity index (χ0) is 16.2. The van der Waals surface area contributed by atoms with Gasteiger partial charge in [0.2, 0.25) is 5.91 Å². The van der Waals surface area contributed by atoms with Crippen molar-refractivity contribution < 1.29 is 54.2 Å². The van der Waals surface area contributed by atoms with E-state index in [1.54, 1.807) is 18.7 Å². The summed E-state index contributed by atoms with van der Waals surface area (Å²) in [6, 6.07) is -1.03. The van der Waals surface area contributed by atoms with Gasteiger partial charge in [0.15, 0.2) is 0 Å². The van der Waals surface area contributed by atoms with Crippen LogP contribution in [0, 0.1) is 5.92 Å². The van der Waals surface area contributed by atoms with Crippen LogP contribution >= 0.6 is 11.8 Å². The summed E-state index contributed by atoms with van der Waals surface area (Å²) in [4.78, 5) is 38.7. The number of aliphatic hydroxyl groups is 1. The number of likely N-dealkylation sites (tertiary alicyclic amines) is 1. The second kappa shape index (κ2) is 6.55. The van der Waals surface area contributed by atoms with E-state index in [9.17, 15) is 24.6 Å². The summed E-state index contributed by atoms with van der Waals surface area (Å²) in [6.07, 6.45) is 0.415. The molecule has 23 heavy (non-hydrogen) atoms. The van der Waals surface area contributed by atoms with Crippen molar-refractivity contribution in [1.29, 1.82) is 0 Å². The van der Waals surface area contributed by atoms with Crippen molar-refractivity contribution in [2.24, 2.45) is 5.92 Å². The average Bonchev–Trinajstić information content (AvgIpc) is 3.02. The summed E-state index contributed by atoms with van der Waals surface area (Å²) in [5.41, 5.74) is 0. The minimum Gasteiger partial charge on any atom is -0.548 e. The summed E-state index contributed by atoms with van der Waals surface area (Å²) in [5, 5.41) is 21.1. The van der Waals surface area contributed by atoms with Crippen molar-refractivity contribution in [3.8, 4) is 0 Å². The summed E-state index contributed by atoms with van der Waals surface area (Å²) in [6.45, 7) is 4.67. The normalized spacial score (nSPS) is 32.8. The van der Waals surface area contributed by atoms with Crippen LogP contribution in [-0.4, -0.2) is 68.0 Å². The molecule has 1 N–H and O–H groups in total. The Bertz CT molecular complexity index is 537. The third-order valence-corrected chi connectivity index (χ3v) is 6.31. The van der Waals surface area contributed by atoms with Crippen molar-refractivity contribution >= 4 is 29.5 Å². The molecule has 9 heteroatoms. The number of nitrogens with zero attached hydrogens (tertiary/aromatic N) is 2. The van der Waals surface area contributed by atoms with Crippen molar-refractivity contribution in [2.75, 3.05) is 13.1 Å². The molecular formula is C14H19N2NaO5S. The number of carbonyl (C=O) groups excluding carboxylic acids is 3. The number of β-lactam (4-membered cyclic amide) rings is 1. The van der Waals surface area contributed by atoms with Crippen molar-refractivity contribution in [2.45, 2.75) is 49.0 Å². The van der Waals surface area contributed by atoms with Gasteiger partial charge in [0.05, 0.1) is 17.4 Å². The molecule has 3 rings (SSSR count). The first-order chi connectivity index (χ1) is 10.3. The maximum atomic E-state index is 12.3.